The van der Waals surface area contributed by atoms with Crippen LogP contribution in [0.15, 0.2) is 176 Å². The summed E-state index contributed by atoms with van der Waals surface area (Å²) in [5, 5.41) is 2.42. The SMILES string of the molecule is c1ccc(-c2ccc(-c3nc(-c4ccccc4)nc(-c4cc(-c5ccncc5)cc(-n5c6ccccc6c6ccccc65)c4)n3)cc2)cc1. The second kappa shape index (κ2) is 12.1. The highest BCUT2D eigenvalue weighted by Crippen LogP contribution is 2.36. The summed E-state index contributed by atoms with van der Waals surface area (Å²) >= 11 is 0. The van der Waals surface area contributed by atoms with E-state index in [0.717, 1.165) is 50.1 Å². The Bertz CT molecular complexity index is 2520. The lowest BCUT2D eigenvalue weighted by Gasteiger charge is -2.14. The molecule has 0 aliphatic heterocycles. The molecule has 9 rings (SSSR count). The molecule has 0 bridgehead atoms. The van der Waals surface area contributed by atoms with E-state index in [2.05, 4.69) is 125 Å². The van der Waals surface area contributed by atoms with Gasteiger partial charge in [0.05, 0.1) is 11.0 Å². The Labute approximate surface area is 283 Å². The largest absolute Gasteiger partial charge is 0.309 e. The molecule has 0 amide bonds. The van der Waals surface area contributed by atoms with E-state index in [1.807, 2.05) is 60.9 Å². The first kappa shape index (κ1) is 28.5. The maximum Gasteiger partial charge on any atom is 0.164 e. The molecule has 0 unspecified atom stereocenters. The zero-order valence-corrected chi connectivity index (χ0v) is 26.5. The van der Waals surface area contributed by atoms with Crippen LogP contribution in [-0.2, 0) is 0 Å². The number of rotatable bonds is 6. The van der Waals surface area contributed by atoms with Crippen molar-refractivity contribution < 1.29 is 0 Å². The lowest BCUT2D eigenvalue weighted by atomic mass is 10.0. The Morgan fingerprint density at radius 2 is 0.755 bits per heavy atom. The molecule has 3 heterocycles. The van der Waals surface area contributed by atoms with Gasteiger partial charge in [0.1, 0.15) is 0 Å². The Kier molecular flexibility index (Phi) is 7.06. The summed E-state index contributed by atoms with van der Waals surface area (Å²) in [6.45, 7) is 0. The third-order valence-electron chi connectivity index (χ3n) is 8.95. The van der Waals surface area contributed by atoms with Crippen LogP contribution in [0.1, 0.15) is 0 Å². The van der Waals surface area contributed by atoms with E-state index in [9.17, 15) is 0 Å². The van der Waals surface area contributed by atoms with E-state index < -0.39 is 0 Å². The average Bonchev–Trinajstić information content (AvgIpc) is 3.53. The van der Waals surface area contributed by atoms with Gasteiger partial charge in [-0.25, -0.2) is 15.0 Å². The van der Waals surface area contributed by atoms with Crippen LogP contribution in [0.2, 0.25) is 0 Å². The first-order valence-electron chi connectivity index (χ1n) is 16.3. The van der Waals surface area contributed by atoms with Gasteiger partial charge < -0.3 is 4.57 Å². The minimum atomic E-state index is 0.605. The molecule has 5 nitrogen and oxygen atoms in total. The number of pyridine rings is 1. The van der Waals surface area contributed by atoms with E-state index in [1.54, 1.807) is 0 Å². The summed E-state index contributed by atoms with van der Waals surface area (Å²) in [6, 6.07) is 56.7. The Morgan fingerprint density at radius 3 is 1.37 bits per heavy atom. The van der Waals surface area contributed by atoms with Gasteiger partial charge in [-0.2, -0.15) is 0 Å². The number of hydrogen-bond donors (Lipinski definition) is 0. The van der Waals surface area contributed by atoms with Crippen LogP contribution in [0.25, 0.3) is 83.9 Å². The highest BCUT2D eigenvalue weighted by molar-refractivity contribution is 6.09. The molecule has 0 saturated carbocycles. The first-order chi connectivity index (χ1) is 24.3. The third kappa shape index (κ3) is 5.33. The molecule has 0 N–H and O–H groups in total. The van der Waals surface area contributed by atoms with Gasteiger partial charge in [-0.05, 0) is 64.7 Å². The number of fused-ring (bicyclic) bond motifs is 3. The number of para-hydroxylation sites is 2. The molecule has 0 aliphatic rings. The minimum absolute atomic E-state index is 0.605. The molecule has 0 atom stereocenters. The zero-order valence-electron chi connectivity index (χ0n) is 26.5. The van der Waals surface area contributed by atoms with E-state index in [-0.39, 0.29) is 0 Å². The lowest BCUT2D eigenvalue weighted by Crippen LogP contribution is -2.02. The normalized spacial score (nSPS) is 11.3. The summed E-state index contributed by atoms with van der Waals surface area (Å²) in [4.78, 5) is 19.5. The van der Waals surface area contributed by atoms with Gasteiger partial charge in [0, 0.05) is 45.5 Å². The molecule has 230 valence electrons. The Hall–Kier alpha value is -6.72. The van der Waals surface area contributed by atoms with E-state index in [1.165, 1.54) is 16.3 Å². The minimum Gasteiger partial charge on any atom is -0.309 e. The molecule has 5 heteroatoms. The molecular weight excluding hydrogens is 599 g/mol. The van der Waals surface area contributed by atoms with E-state index >= 15 is 0 Å². The molecule has 0 spiro atoms. The van der Waals surface area contributed by atoms with Crippen molar-refractivity contribution in [2.24, 2.45) is 0 Å². The van der Waals surface area contributed by atoms with Gasteiger partial charge >= 0.3 is 0 Å². The molecule has 0 saturated heterocycles. The second-order valence-corrected chi connectivity index (χ2v) is 12.0. The first-order valence-corrected chi connectivity index (χ1v) is 16.3. The van der Waals surface area contributed by atoms with Gasteiger partial charge in [-0.15, -0.1) is 0 Å². The van der Waals surface area contributed by atoms with Crippen molar-refractivity contribution in [3.8, 4) is 62.1 Å². The van der Waals surface area contributed by atoms with E-state index in [4.69, 9.17) is 15.0 Å². The number of benzene rings is 6. The van der Waals surface area contributed by atoms with Gasteiger partial charge in [-0.1, -0.05) is 121 Å². The van der Waals surface area contributed by atoms with Crippen LogP contribution in [-0.4, -0.2) is 24.5 Å². The van der Waals surface area contributed by atoms with Crippen molar-refractivity contribution in [1.82, 2.24) is 24.5 Å². The summed E-state index contributed by atoms with van der Waals surface area (Å²) in [5.74, 6) is 1.85. The summed E-state index contributed by atoms with van der Waals surface area (Å²) in [5.41, 5.74) is 10.5. The maximum atomic E-state index is 5.14. The summed E-state index contributed by atoms with van der Waals surface area (Å²) < 4.78 is 2.33. The fourth-order valence-electron chi connectivity index (χ4n) is 6.57. The van der Waals surface area contributed by atoms with Crippen LogP contribution in [0.3, 0.4) is 0 Å². The number of aromatic nitrogens is 5. The standard InChI is InChI=1S/C44H29N5/c1-3-11-30(12-4-1)31-19-21-34(22-20-31)43-46-42(33-13-5-2-6-14-33)47-44(48-43)36-27-35(32-23-25-45-26-24-32)28-37(29-36)49-40-17-9-7-15-38(40)39-16-8-10-18-41(39)49/h1-29H. The highest BCUT2D eigenvalue weighted by Gasteiger charge is 2.17. The predicted octanol–water partition coefficient (Wildman–Crippen LogP) is 10.7. The van der Waals surface area contributed by atoms with Crippen molar-refractivity contribution in [3.63, 3.8) is 0 Å². The second-order valence-electron chi connectivity index (χ2n) is 12.0. The zero-order chi connectivity index (χ0) is 32.6. The molecule has 9 aromatic rings. The highest BCUT2D eigenvalue weighted by atomic mass is 15.0. The Balaban J connectivity index is 1.27. The Morgan fingerprint density at radius 1 is 0.327 bits per heavy atom. The number of nitrogens with zero attached hydrogens (tertiary/aromatic N) is 5. The maximum absolute atomic E-state index is 5.14. The van der Waals surface area contributed by atoms with Crippen LogP contribution in [0, 0.1) is 0 Å². The lowest BCUT2D eigenvalue weighted by molar-refractivity contribution is 1.07. The summed E-state index contributed by atoms with van der Waals surface area (Å²) in [6.07, 6.45) is 3.66. The quantitative estimate of drug-likeness (QED) is 0.184. The van der Waals surface area contributed by atoms with Gasteiger partial charge in [0.25, 0.3) is 0 Å². The average molecular weight is 628 g/mol. The fraction of sp³-hybridized carbons (Fsp3) is 0. The topological polar surface area (TPSA) is 56.5 Å². The molecular formula is C44H29N5. The monoisotopic (exact) mass is 627 g/mol. The van der Waals surface area contributed by atoms with Crippen molar-refractivity contribution in [1.29, 1.82) is 0 Å². The van der Waals surface area contributed by atoms with E-state index in [0.29, 0.717) is 17.5 Å². The van der Waals surface area contributed by atoms with Crippen LogP contribution in [0.4, 0.5) is 0 Å². The van der Waals surface area contributed by atoms with Crippen LogP contribution >= 0.6 is 0 Å². The van der Waals surface area contributed by atoms with Crippen molar-refractivity contribution >= 4 is 21.8 Å². The van der Waals surface area contributed by atoms with Gasteiger partial charge in [0.2, 0.25) is 0 Å². The molecule has 3 aromatic heterocycles. The van der Waals surface area contributed by atoms with Crippen molar-refractivity contribution in [3.05, 3.63) is 176 Å². The van der Waals surface area contributed by atoms with Crippen LogP contribution in [0.5, 0.6) is 0 Å². The van der Waals surface area contributed by atoms with Crippen molar-refractivity contribution in [2.75, 3.05) is 0 Å². The molecule has 6 aromatic carbocycles. The van der Waals surface area contributed by atoms with Crippen molar-refractivity contribution in [2.45, 2.75) is 0 Å². The van der Waals surface area contributed by atoms with Gasteiger partial charge in [-0.3, -0.25) is 4.98 Å². The molecule has 0 aliphatic carbocycles. The molecule has 0 fully saturated rings. The molecule has 0 radical (unpaired) electrons. The van der Waals surface area contributed by atoms with Crippen LogP contribution < -0.4 is 0 Å². The summed E-state index contributed by atoms with van der Waals surface area (Å²) in [7, 11) is 0. The predicted molar refractivity (Wildman–Crippen MR) is 199 cm³/mol. The van der Waals surface area contributed by atoms with Gasteiger partial charge in [0.15, 0.2) is 17.5 Å². The number of hydrogen-bond acceptors (Lipinski definition) is 4. The fourth-order valence-corrected chi connectivity index (χ4v) is 6.57. The smallest absolute Gasteiger partial charge is 0.164 e. The third-order valence-corrected chi connectivity index (χ3v) is 8.95. The molecule has 49 heavy (non-hydrogen) atoms.